The molecule has 16 heavy (non-hydrogen) atoms. The number of halogens is 8. The highest BCUT2D eigenvalue weighted by Crippen LogP contribution is 2.39. The topological polar surface area (TPSA) is 9.23 Å². The SMILES string of the molecule is Fc1c(F)c(OC(F)(F)F)c(Cl)c(F)c1Cl. The molecule has 0 atom stereocenters. The maximum Gasteiger partial charge on any atom is 0.573 e. The van der Waals surface area contributed by atoms with E-state index in [0.29, 0.717) is 0 Å². The first kappa shape index (κ1) is 13.2. The molecule has 0 bridgehead atoms. The molecule has 0 aliphatic heterocycles. The fourth-order valence-corrected chi connectivity index (χ4v) is 1.23. The summed E-state index contributed by atoms with van der Waals surface area (Å²) in [6.07, 6.45) is -5.34. The Labute approximate surface area is 94.5 Å². The van der Waals surface area contributed by atoms with Crippen molar-refractivity contribution < 1.29 is 31.1 Å². The van der Waals surface area contributed by atoms with E-state index in [0.717, 1.165) is 0 Å². The number of hydrogen-bond donors (Lipinski definition) is 0. The van der Waals surface area contributed by atoms with Crippen molar-refractivity contribution in [2.45, 2.75) is 6.36 Å². The predicted molar refractivity (Wildman–Crippen MR) is 43.0 cm³/mol. The summed E-state index contributed by atoms with van der Waals surface area (Å²) in [6.45, 7) is 0. The molecule has 0 spiro atoms. The van der Waals surface area contributed by atoms with Gasteiger partial charge in [0.05, 0.1) is 0 Å². The van der Waals surface area contributed by atoms with Crippen LogP contribution in [0.1, 0.15) is 0 Å². The highest BCUT2D eigenvalue weighted by molar-refractivity contribution is 6.35. The molecule has 0 N–H and O–H groups in total. The van der Waals surface area contributed by atoms with Crippen LogP contribution >= 0.6 is 23.2 Å². The molecule has 1 aromatic rings. The largest absolute Gasteiger partial charge is 0.573 e. The van der Waals surface area contributed by atoms with Gasteiger partial charge >= 0.3 is 6.36 Å². The first-order chi connectivity index (χ1) is 7.15. The van der Waals surface area contributed by atoms with Gasteiger partial charge in [-0.05, 0) is 0 Å². The highest BCUT2D eigenvalue weighted by Gasteiger charge is 2.36. The van der Waals surface area contributed by atoms with Gasteiger partial charge in [0, 0.05) is 0 Å². The Kier molecular flexibility index (Phi) is 3.49. The number of ether oxygens (including phenoxy) is 1. The van der Waals surface area contributed by atoms with E-state index < -0.39 is 39.6 Å². The third kappa shape index (κ3) is 2.46. The van der Waals surface area contributed by atoms with Crippen LogP contribution in [-0.4, -0.2) is 6.36 Å². The first-order valence-corrected chi connectivity index (χ1v) is 4.18. The maximum atomic E-state index is 12.9. The van der Waals surface area contributed by atoms with Crippen LogP contribution in [0.4, 0.5) is 26.3 Å². The minimum absolute atomic E-state index is 1.35. The van der Waals surface area contributed by atoms with E-state index in [1.165, 1.54) is 0 Å². The second-order valence-corrected chi connectivity index (χ2v) is 3.20. The minimum Gasteiger partial charge on any atom is -0.401 e. The van der Waals surface area contributed by atoms with Crippen molar-refractivity contribution in [3.05, 3.63) is 27.5 Å². The molecule has 0 aliphatic carbocycles. The lowest BCUT2D eigenvalue weighted by Gasteiger charge is -2.12. The number of benzene rings is 1. The van der Waals surface area contributed by atoms with Crippen LogP contribution in [0.5, 0.6) is 5.75 Å². The zero-order chi connectivity index (χ0) is 12.7. The standard InChI is InChI=1S/C7Cl2F6O/c8-1-3(10)2(9)6(5(12)4(1)11)16-7(13,14)15. The number of hydrogen-bond acceptors (Lipinski definition) is 1. The summed E-state index contributed by atoms with van der Waals surface area (Å²) in [4.78, 5) is 0. The van der Waals surface area contributed by atoms with Crippen molar-refractivity contribution in [2.24, 2.45) is 0 Å². The van der Waals surface area contributed by atoms with Gasteiger partial charge in [-0.25, -0.2) is 8.78 Å². The minimum atomic E-state index is -5.34. The lowest BCUT2D eigenvalue weighted by molar-refractivity contribution is -0.275. The summed E-state index contributed by atoms with van der Waals surface area (Å²) in [7, 11) is 0. The molecule has 1 nitrogen and oxygen atoms in total. The lowest BCUT2D eigenvalue weighted by Crippen LogP contribution is -2.19. The monoisotopic (exact) mass is 284 g/mol. The lowest BCUT2D eigenvalue weighted by atomic mass is 10.3. The van der Waals surface area contributed by atoms with E-state index >= 15 is 0 Å². The van der Waals surface area contributed by atoms with Crippen LogP contribution in [0, 0.1) is 17.5 Å². The smallest absolute Gasteiger partial charge is 0.401 e. The molecule has 0 fully saturated rings. The Morgan fingerprint density at radius 1 is 0.812 bits per heavy atom. The van der Waals surface area contributed by atoms with Gasteiger partial charge in [-0.2, -0.15) is 4.39 Å². The fourth-order valence-electron chi connectivity index (χ4n) is 0.790. The molecule has 0 saturated heterocycles. The molecule has 0 amide bonds. The van der Waals surface area contributed by atoms with Crippen molar-refractivity contribution in [2.75, 3.05) is 0 Å². The van der Waals surface area contributed by atoms with Crippen molar-refractivity contribution >= 4 is 23.2 Å². The zero-order valence-corrected chi connectivity index (χ0v) is 8.44. The molecule has 90 valence electrons. The zero-order valence-electron chi connectivity index (χ0n) is 6.93. The molecule has 0 radical (unpaired) electrons. The maximum absolute atomic E-state index is 12.9. The molecule has 0 heterocycles. The highest BCUT2D eigenvalue weighted by atomic mass is 35.5. The average molecular weight is 285 g/mol. The molecular formula is C7Cl2F6O. The second-order valence-electron chi connectivity index (χ2n) is 2.45. The number of alkyl halides is 3. The van der Waals surface area contributed by atoms with Crippen LogP contribution in [-0.2, 0) is 0 Å². The van der Waals surface area contributed by atoms with Gasteiger partial charge < -0.3 is 4.74 Å². The fraction of sp³-hybridized carbons (Fsp3) is 0.143. The van der Waals surface area contributed by atoms with E-state index in [9.17, 15) is 26.3 Å². The van der Waals surface area contributed by atoms with Gasteiger partial charge in [-0.1, -0.05) is 23.2 Å². The number of rotatable bonds is 1. The Morgan fingerprint density at radius 3 is 1.75 bits per heavy atom. The van der Waals surface area contributed by atoms with Crippen LogP contribution in [0.25, 0.3) is 0 Å². The Bertz CT molecular complexity index is 401. The summed E-state index contributed by atoms with van der Waals surface area (Å²) in [6, 6.07) is 0. The van der Waals surface area contributed by atoms with Gasteiger partial charge in [-0.3, -0.25) is 0 Å². The van der Waals surface area contributed by atoms with Crippen LogP contribution in [0.15, 0.2) is 0 Å². The van der Waals surface area contributed by atoms with Gasteiger partial charge in [0.2, 0.25) is 5.82 Å². The van der Waals surface area contributed by atoms with Crippen LogP contribution < -0.4 is 4.74 Å². The molecule has 1 rings (SSSR count). The molecule has 0 aliphatic rings. The molecule has 9 heteroatoms. The Balaban J connectivity index is 3.40. The summed E-state index contributed by atoms with van der Waals surface area (Å²) in [5.41, 5.74) is 0. The van der Waals surface area contributed by atoms with E-state index in [1.807, 2.05) is 0 Å². The van der Waals surface area contributed by atoms with Crippen LogP contribution in [0.3, 0.4) is 0 Å². The summed E-state index contributed by atoms with van der Waals surface area (Å²) in [5, 5.41) is -2.74. The molecule has 0 saturated carbocycles. The molecule has 0 aromatic heterocycles. The summed E-state index contributed by atoms with van der Waals surface area (Å²) < 4.78 is 76.8. The van der Waals surface area contributed by atoms with Gasteiger partial charge in [0.1, 0.15) is 10.0 Å². The van der Waals surface area contributed by atoms with Gasteiger partial charge in [-0.15, -0.1) is 13.2 Å². The normalized spacial score (nSPS) is 11.8. The summed E-state index contributed by atoms with van der Waals surface area (Å²) >= 11 is 9.91. The van der Waals surface area contributed by atoms with E-state index in [4.69, 9.17) is 23.2 Å². The van der Waals surface area contributed by atoms with Crippen molar-refractivity contribution in [1.82, 2.24) is 0 Å². The molecule has 1 aromatic carbocycles. The van der Waals surface area contributed by atoms with Gasteiger partial charge in [0.25, 0.3) is 0 Å². The van der Waals surface area contributed by atoms with Gasteiger partial charge in [0.15, 0.2) is 17.4 Å². The van der Waals surface area contributed by atoms with Crippen molar-refractivity contribution in [3.8, 4) is 5.75 Å². The molecular weight excluding hydrogens is 285 g/mol. The third-order valence-corrected chi connectivity index (χ3v) is 2.06. The average Bonchev–Trinajstić information content (AvgIpc) is 2.17. The van der Waals surface area contributed by atoms with Crippen molar-refractivity contribution in [1.29, 1.82) is 0 Å². The van der Waals surface area contributed by atoms with E-state index in [-0.39, 0.29) is 0 Å². The quantitative estimate of drug-likeness (QED) is 0.424. The first-order valence-electron chi connectivity index (χ1n) is 3.42. The second kappa shape index (κ2) is 4.21. The van der Waals surface area contributed by atoms with E-state index in [1.54, 1.807) is 0 Å². The van der Waals surface area contributed by atoms with Crippen molar-refractivity contribution in [3.63, 3.8) is 0 Å². The summed E-state index contributed by atoms with van der Waals surface area (Å²) in [5.74, 6) is -7.66. The third-order valence-electron chi connectivity index (χ3n) is 1.39. The predicted octanol–water partition coefficient (Wildman–Crippen LogP) is 4.31. The molecule has 0 unspecified atom stereocenters. The Hall–Kier alpha value is -0.820. The van der Waals surface area contributed by atoms with E-state index in [2.05, 4.69) is 4.74 Å². The van der Waals surface area contributed by atoms with Crippen LogP contribution in [0.2, 0.25) is 10.0 Å². The Morgan fingerprint density at radius 2 is 1.31 bits per heavy atom.